The van der Waals surface area contributed by atoms with E-state index >= 15 is 0 Å². The van der Waals surface area contributed by atoms with Crippen LogP contribution in [0.4, 0.5) is 11.5 Å². The first-order chi connectivity index (χ1) is 13.2. The van der Waals surface area contributed by atoms with Crippen LogP contribution in [0.2, 0.25) is 0 Å². The SMILES string of the molecule is CCCCn1c(N)c(N(CC(=O)N2CCOC(C)C2)CC(C)C)c(=O)[nH]c1=O. The van der Waals surface area contributed by atoms with Gasteiger partial charge in [0.2, 0.25) is 5.91 Å². The van der Waals surface area contributed by atoms with E-state index in [2.05, 4.69) is 4.98 Å². The Balaban J connectivity index is 2.35. The molecule has 1 aromatic rings. The number of morpholine rings is 1. The van der Waals surface area contributed by atoms with Crippen molar-refractivity contribution in [3.05, 3.63) is 20.8 Å². The van der Waals surface area contributed by atoms with Gasteiger partial charge in [-0.3, -0.25) is 19.1 Å². The number of aromatic nitrogens is 2. The first kappa shape index (κ1) is 22.0. The van der Waals surface area contributed by atoms with Crippen LogP contribution < -0.4 is 21.9 Å². The smallest absolute Gasteiger partial charge is 0.330 e. The summed E-state index contributed by atoms with van der Waals surface area (Å²) in [5.74, 6) is 0.234. The maximum atomic E-state index is 12.9. The van der Waals surface area contributed by atoms with E-state index in [9.17, 15) is 14.4 Å². The van der Waals surface area contributed by atoms with Gasteiger partial charge in [0.15, 0.2) is 0 Å². The molecule has 28 heavy (non-hydrogen) atoms. The quantitative estimate of drug-likeness (QED) is 0.667. The Hall–Kier alpha value is -2.29. The first-order valence-electron chi connectivity index (χ1n) is 10.0. The Morgan fingerprint density at radius 1 is 1.39 bits per heavy atom. The second-order valence-electron chi connectivity index (χ2n) is 7.79. The standard InChI is InChI=1S/C19H33N5O4/c1-5-6-7-24-17(20)16(18(26)21-19(24)27)23(10-13(2)3)12-15(25)22-8-9-28-14(4)11-22/h13-14H,5-12,20H2,1-4H3,(H,21,26,27). The van der Waals surface area contributed by atoms with E-state index in [1.165, 1.54) is 4.57 Å². The zero-order valence-electron chi connectivity index (χ0n) is 17.4. The second kappa shape index (κ2) is 9.77. The van der Waals surface area contributed by atoms with Crippen LogP contribution in [-0.2, 0) is 16.1 Å². The van der Waals surface area contributed by atoms with Crippen molar-refractivity contribution in [1.82, 2.24) is 14.5 Å². The number of carbonyl (C=O) groups is 1. The van der Waals surface area contributed by atoms with Crippen molar-refractivity contribution in [3.63, 3.8) is 0 Å². The Morgan fingerprint density at radius 3 is 2.71 bits per heavy atom. The summed E-state index contributed by atoms with van der Waals surface area (Å²) in [4.78, 5) is 43.4. The fraction of sp³-hybridized carbons (Fsp3) is 0.737. The van der Waals surface area contributed by atoms with Crippen LogP contribution >= 0.6 is 0 Å². The number of nitrogens with two attached hydrogens (primary N) is 1. The van der Waals surface area contributed by atoms with Gasteiger partial charge in [-0.2, -0.15) is 0 Å². The molecular formula is C19H33N5O4. The summed E-state index contributed by atoms with van der Waals surface area (Å²) in [6.45, 7) is 10.4. The van der Waals surface area contributed by atoms with E-state index in [0.717, 1.165) is 12.8 Å². The number of amides is 1. The number of hydrogen-bond acceptors (Lipinski definition) is 6. The third-order valence-corrected chi connectivity index (χ3v) is 4.77. The third kappa shape index (κ3) is 5.37. The van der Waals surface area contributed by atoms with Gasteiger partial charge in [0, 0.05) is 26.2 Å². The molecule has 1 fully saturated rings. The van der Waals surface area contributed by atoms with Crippen molar-refractivity contribution in [3.8, 4) is 0 Å². The van der Waals surface area contributed by atoms with Gasteiger partial charge in [-0.05, 0) is 19.3 Å². The zero-order valence-corrected chi connectivity index (χ0v) is 17.4. The minimum atomic E-state index is -0.556. The van der Waals surface area contributed by atoms with Crippen LogP contribution in [0, 0.1) is 5.92 Å². The highest BCUT2D eigenvalue weighted by molar-refractivity contribution is 5.82. The van der Waals surface area contributed by atoms with Crippen molar-refractivity contribution < 1.29 is 9.53 Å². The predicted octanol–water partition coefficient (Wildman–Crippen LogP) is 0.629. The van der Waals surface area contributed by atoms with Crippen LogP contribution in [-0.4, -0.2) is 59.2 Å². The van der Waals surface area contributed by atoms with Crippen molar-refractivity contribution in [1.29, 1.82) is 0 Å². The lowest BCUT2D eigenvalue weighted by Crippen LogP contribution is -2.50. The van der Waals surface area contributed by atoms with Gasteiger partial charge in [0.25, 0.3) is 5.56 Å². The normalized spacial score (nSPS) is 17.2. The number of H-pyrrole nitrogens is 1. The van der Waals surface area contributed by atoms with Gasteiger partial charge in [0.05, 0.1) is 19.3 Å². The fourth-order valence-corrected chi connectivity index (χ4v) is 3.41. The summed E-state index contributed by atoms with van der Waals surface area (Å²) in [5.41, 5.74) is 5.36. The average molecular weight is 396 g/mol. The van der Waals surface area contributed by atoms with Gasteiger partial charge >= 0.3 is 5.69 Å². The molecule has 9 heteroatoms. The summed E-state index contributed by atoms with van der Waals surface area (Å²) >= 11 is 0. The molecule has 2 rings (SSSR count). The summed E-state index contributed by atoms with van der Waals surface area (Å²) < 4.78 is 6.88. The molecule has 3 N–H and O–H groups in total. The van der Waals surface area contributed by atoms with Gasteiger partial charge in [-0.1, -0.05) is 27.2 Å². The first-order valence-corrected chi connectivity index (χ1v) is 10.0. The summed E-state index contributed by atoms with van der Waals surface area (Å²) in [5, 5.41) is 0. The maximum Gasteiger partial charge on any atom is 0.330 e. The summed E-state index contributed by atoms with van der Waals surface area (Å²) in [6.07, 6.45) is 1.65. The third-order valence-electron chi connectivity index (χ3n) is 4.77. The van der Waals surface area contributed by atoms with Gasteiger partial charge < -0.3 is 20.3 Å². The maximum absolute atomic E-state index is 12.9. The lowest BCUT2D eigenvalue weighted by Gasteiger charge is -2.34. The molecule has 0 spiro atoms. The molecule has 0 bridgehead atoms. The number of aromatic amines is 1. The van der Waals surface area contributed by atoms with Gasteiger partial charge in [-0.15, -0.1) is 0 Å². The molecule has 0 radical (unpaired) electrons. The highest BCUT2D eigenvalue weighted by Gasteiger charge is 2.26. The van der Waals surface area contributed by atoms with Crippen LogP contribution in [0.1, 0.15) is 40.5 Å². The lowest BCUT2D eigenvalue weighted by atomic mass is 10.2. The minimum absolute atomic E-state index is 0.0133. The number of anilines is 2. The highest BCUT2D eigenvalue weighted by atomic mass is 16.5. The molecule has 1 aliphatic rings. The van der Waals surface area contributed by atoms with Crippen LogP contribution in [0.3, 0.4) is 0 Å². The Bertz CT molecular complexity index is 786. The van der Waals surface area contributed by atoms with E-state index in [-0.39, 0.29) is 36.0 Å². The van der Waals surface area contributed by atoms with Crippen LogP contribution in [0.25, 0.3) is 0 Å². The van der Waals surface area contributed by atoms with E-state index in [0.29, 0.717) is 32.8 Å². The number of nitrogens with one attached hydrogen (secondary N) is 1. The molecule has 9 nitrogen and oxygen atoms in total. The molecule has 1 aromatic heterocycles. The summed E-state index contributed by atoms with van der Waals surface area (Å²) in [6, 6.07) is 0. The molecule has 1 amide bonds. The Kier molecular flexibility index (Phi) is 7.68. The molecule has 1 aliphatic heterocycles. The van der Waals surface area contributed by atoms with E-state index in [1.54, 1.807) is 9.80 Å². The lowest BCUT2D eigenvalue weighted by molar-refractivity contribution is -0.136. The van der Waals surface area contributed by atoms with Crippen LogP contribution in [0.15, 0.2) is 9.59 Å². The minimum Gasteiger partial charge on any atom is -0.383 e. The Morgan fingerprint density at radius 2 is 2.11 bits per heavy atom. The molecule has 1 unspecified atom stereocenters. The fourth-order valence-electron chi connectivity index (χ4n) is 3.41. The molecule has 2 heterocycles. The van der Waals surface area contributed by atoms with Gasteiger partial charge in [0.1, 0.15) is 11.5 Å². The van der Waals surface area contributed by atoms with Crippen molar-refractivity contribution >= 4 is 17.4 Å². The van der Waals surface area contributed by atoms with Gasteiger partial charge in [-0.25, -0.2) is 4.79 Å². The van der Waals surface area contributed by atoms with Crippen molar-refractivity contribution in [2.24, 2.45) is 5.92 Å². The molecule has 0 aromatic carbocycles. The molecule has 0 aliphatic carbocycles. The number of rotatable bonds is 8. The number of ether oxygens (including phenoxy) is 1. The number of nitrogens with zero attached hydrogens (tertiary/aromatic N) is 3. The highest BCUT2D eigenvalue weighted by Crippen LogP contribution is 2.19. The monoisotopic (exact) mass is 395 g/mol. The predicted molar refractivity (Wildman–Crippen MR) is 110 cm³/mol. The average Bonchev–Trinajstić information content (AvgIpc) is 2.60. The van der Waals surface area contributed by atoms with E-state index in [1.807, 2.05) is 27.7 Å². The molecular weight excluding hydrogens is 362 g/mol. The van der Waals surface area contributed by atoms with E-state index in [4.69, 9.17) is 10.5 Å². The second-order valence-corrected chi connectivity index (χ2v) is 7.79. The largest absolute Gasteiger partial charge is 0.383 e. The summed E-state index contributed by atoms with van der Waals surface area (Å²) in [7, 11) is 0. The Labute approximate surface area is 165 Å². The molecule has 158 valence electrons. The number of nitrogen functional groups attached to an aromatic ring is 1. The molecule has 0 saturated carbocycles. The number of unbranched alkanes of at least 4 members (excludes halogenated alkanes) is 1. The molecule has 1 atom stereocenters. The zero-order chi connectivity index (χ0) is 20.8. The van der Waals surface area contributed by atoms with Crippen molar-refractivity contribution in [2.45, 2.75) is 53.2 Å². The van der Waals surface area contributed by atoms with E-state index < -0.39 is 11.2 Å². The number of hydrogen-bond donors (Lipinski definition) is 2. The topological polar surface area (TPSA) is 114 Å². The number of carbonyl (C=O) groups excluding carboxylic acids is 1. The molecule has 1 saturated heterocycles. The van der Waals surface area contributed by atoms with Crippen LogP contribution in [0.5, 0.6) is 0 Å². The van der Waals surface area contributed by atoms with Crippen molar-refractivity contribution in [2.75, 3.05) is 43.4 Å².